The summed E-state index contributed by atoms with van der Waals surface area (Å²) in [6, 6.07) is 0. The maximum atomic E-state index is 12.3. The van der Waals surface area contributed by atoms with E-state index in [9.17, 15) is 18.0 Å². The van der Waals surface area contributed by atoms with Crippen molar-refractivity contribution in [1.82, 2.24) is 23.4 Å². The number of nitrogens with zero attached hydrogens (tertiary/aromatic N) is 4. The van der Waals surface area contributed by atoms with Gasteiger partial charge in [-0.15, -0.1) is 6.42 Å². The molecule has 2 aromatic heterocycles. The summed E-state index contributed by atoms with van der Waals surface area (Å²) in [6.07, 6.45) is 5.22. The molecule has 0 unspecified atom stereocenters. The minimum absolute atomic E-state index is 0.0108. The molecule has 10 heteroatoms. The Morgan fingerprint density at radius 2 is 2.14 bits per heavy atom. The minimum atomic E-state index is -3.79. The number of aromatic nitrogens is 4. The molecule has 0 bridgehead atoms. The number of imidazole rings is 1. The molecular formula is C11H11N5O4S. The van der Waals surface area contributed by atoms with E-state index < -0.39 is 21.3 Å². The Hall–Kier alpha value is -2.38. The molecule has 0 radical (unpaired) electrons. The molecule has 0 amide bonds. The van der Waals surface area contributed by atoms with Gasteiger partial charge in [-0.05, 0) is 0 Å². The Morgan fingerprint density at radius 1 is 1.43 bits per heavy atom. The molecule has 2 aromatic rings. The highest BCUT2D eigenvalue weighted by Gasteiger charge is 2.30. The number of nitrogens with one attached hydrogen (secondary N) is 1. The quantitative estimate of drug-likeness (QED) is 0.603. The zero-order chi connectivity index (χ0) is 15.4. The molecule has 9 nitrogen and oxygen atoms in total. The van der Waals surface area contributed by atoms with Crippen molar-refractivity contribution in [3.05, 3.63) is 20.8 Å². The third-order valence-electron chi connectivity index (χ3n) is 3.31. The standard InChI is InChI=1S/C11H11N5O4S/c1-3-5-16-8-7(9(17)14(2)11(16)18)15-6-4-12-21(19,20)10(15)13-8/h1,12H,4-6H2,2H3. The van der Waals surface area contributed by atoms with Crippen molar-refractivity contribution < 1.29 is 8.42 Å². The van der Waals surface area contributed by atoms with E-state index in [0.717, 1.165) is 9.13 Å². The molecular weight excluding hydrogens is 298 g/mol. The van der Waals surface area contributed by atoms with Gasteiger partial charge >= 0.3 is 5.69 Å². The first kappa shape index (κ1) is 13.6. The second-order valence-corrected chi connectivity index (χ2v) is 6.21. The highest BCUT2D eigenvalue weighted by atomic mass is 32.2. The fraction of sp³-hybridized carbons (Fsp3) is 0.364. The van der Waals surface area contributed by atoms with Crippen LogP contribution in [-0.2, 0) is 30.2 Å². The van der Waals surface area contributed by atoms with Gasteiger partial charge in [-0.1, -0.05) is 5.92 Å². The van der Waals surface area contributed by atoms with Crippen molar-refractivity contribution in [2.45, 2.75) is 18.2 Å². The van der Waals surface area contributed by atoms with Crippen LogP contribution in [0.1, 0.15) is 0 Å². The number of fused-ring (bicyclic) bond motifs is 3. The second-order valence-electron chi connectivity index (χ2n) is 4.55. The first-order valence-electron chi connectivity index (χ1n) is 6.01. The molecule has 1 aliphatic rings. The second kappa shape index (κ2) is 4.31. The van der Waals surface area contributed by atoms with E-state index in [-0.39, 0.29) is 36.0 Å². The smallest absolute Gasteiger partial charge is 0.306 e. The summed E-state index contributed by atoms with van der Waals surface area (Å²) in [4.78, 5) is 28.3. The molecule has 3 heterocycles. The maximum Gasteiger partial charge on any atom is 0.333 e. The Bertz CT molecular complexity index is 1020. The third kappa shape index (κ3) is 1.75. The van der Waals surface area contributed by atoms with Crippen LogP contribution in [0.5, 0.6) is 0 Å². The lowest BCUT2D eigenvalue weighted by atomic mass is 10.4. The largest absolute Gasteiger partial charge is 0.333 e. The number of sulfonamides is 1. The molecule has 1 N–H and O–H groups in total. The molecule has 110 valence electrons. The Labute approximate surface area is 118 Å². The van der Waals surface area contributed by atoms with E-state index >= 15 is 0 Å². The van der Waals surface area contributed by atoms with Crippen molar-refractivity contribution >= 4 is 21.2 Å². The van der Waals surface area contributed by atoms with E-state index in [0.29, 0.717) is 0 Å². The molecule has 0 fully saturated rings. The van der Waals surface area contributed by atoms with Gasteiger partial charge in [0.15, 0.2) is 11.2 Å². The third-order valence-corrected chi connectivity index (χ3v) is 4.69. The lowest BCUT2D eigenvalue weighted by Gasteiger charge is -2.15. The van der Waals surface area contributed by atoms with E-state index in [1.807, 2.05) is 0 Å². The predicted molar refractivity (Wildman–Crippen MR) is 73.3 cm³/mol. The minimum Gasteiger partial charge on any atom is -0.306 e. The Kier molecular flexibility index (Phi) is 2.79. The Morgan fingerprint density at radius 3 is 2.81 bits per heavy atom. The summed E-state index contributed by atoms with van der Waals surface area (Å²) in [7, 11) is -2.48. The topological polar surface area (TPSA) is 108 Å². The van der Waals surface area contributed by atoms with Crippen LogP contribution in [0.25, 0.3) is 11.2 Å². The van der Waals surface area contributed by atoms with E-state index in [2.05, 4.69) is 15.6 Å². The van der Waals surface area contributed by atoms with Crippen molar-refractivity contribution in [1.29, 1.82) is 0 Å². The van der Waals surface area contributed by atoms with Gasteiger partial charge in [-0.3, -0.25) is 13.9 Å². The van der Waals surface area contributed by atoms with Gasteiger partial charge in [0.2, 0.25) is 5.16 Å². The van der Waals surface area contributed by atoms with Gasteiger partial charge < -0.3 is 4.57 Å². The van der Waals surface area contributed by atoms with Crippen molar-refractivity contribution in [3.8, 4) is 12.3 Å². The molecule has 0 spiro atoms. The number of terminal acetylenes is 1. The molecule has 0 aliphatic carbocycles. The molecule has 0 saturated carbocycles. The van der Waals surface area contributed by atoms with Gasteiger partial charge in [0.05, 0.1) is 6.54 Å². The first-order chi connectivity index (χ1) is 9.88. The molecule has 1 aliphatic heterocycles. The normalized spacial score (nSPS) is 16.6. The first-order valence-corrected chi connectivity index (χ1v) is 7.50. The van der Waals surface area contributed by atoms with Crippen LogP contribution in [0.3, 0.4) is 0 Å². The lowest BCUT2D eigenvalue weighted by molar-refractivity contribution is 0.520. The summed E-state index contributed by atoms with van der Waals surface area (Å²) in [5.74, 6) is 2.30. The van der Waals surface area contributed by atoms with E-state index in [1.54, 1.807) is 0 Å². The lowest BCUT2D eigenvalue weighted by Crippen LogP contribution is -2.39. The fourth-order valence-corrected chi connectivity index (χ4v) is 3.51. The Balaban J connectivity index is 2.58. The van der Waals surface area contributed by atoms with Crippen LogP contribution in [0.4, 0.5) is 0 Å². The summed E-state index contributed by atoms with van der Waals surface area (Å²) in [5, 5.41) is -0.280. The van der Waals surface area contributed by atoms with Crippen LogP contribution in [0.2, 0.25) is 0 Å². The average Bonchev–Trinajstić information content (AvgIpc) is 2.82. The number of rotatable bonds is 1. The monoisotopic (exact) mass is 309 g/mol. The van der Waals surface area contributed by atoms with Crippen molar-refractivity contribution in [2.24, 2.45) is 7.05 Å². The van der Waals surface area contributed by atoms with Gasteiger partial charge in [-0.2, -0.15) is 4.98 Å². The molecule has 0 atom stereocenters. The van der Waals surface area contributed by atoms with Gasteiger partial charge in [0.1, 0.15) is 0 Å². The van der Waals surface area contributed by atoms with Crippen LogP contribution in [0.15, 0.2) is 14.7 Å². The highest BCUT2D eigenvalue weighted by molar-refractivity contribution is 7.89. The van der Waals surface area contributed by atoms with Crippen LogP contribution in [0, 0.1) is 12.3 Å². The number of hydrogen-bond acceptors (Lipinski definition) is 5. The van der Waals surface area contributed by atoms with Crippen molar-refractivity contribution in [3.63, 3.8) is 0 Å². The van der Waals surface area contributed by atoms with E-state index in [4.69, 9.17) is 6.42 Å². The fourth-order valence-electron chi connectivity index (χ4n) is 2.34. The van der Waals surface area contributed by atoms with Crippen LogP contribution in [-0.4, -0.2) is 33.6 Å². The van der Waals surface area contributed by atoms with Crippen molar-refractivity contribution in [2.75, 3.05) is 6.54 Å². The zero-order valence-corrected chi connectivity index (χ0v) is 11.8. The SMILES string of the molecule is C#CCn1c(=O)n(C)c(=O)c2c1nc1n2CCNS1(=O)=O. The highest BCUT2D eigenvalue weighted by Crippen LogP contribution is 2.18. The molecule has 0 saturated heterocycles. The van der Waals surface area contributed by atoms with E-state index in [1.165, 1.54) is 11.6 Å². The van der Waals surface area contributed by atoms with Gasteiger partial charge in [0, 0.05) is 20.1 Å². The average molecular weight is 309 g/mol. The summed E-state index contributed by atoms with van der Waals surface area (Å²) in [6.45, 7) is 0.306. The molecule has 3 rings (SSSR count). The number of hydrogen-bond donors (Lipinski definition) is 1. The summed E-state index contributed by atoms with van der Waals surface area (Å²) in [5.41, 5.74) is -1.18. The van der Waals surface area contributed by atoms with Crippen LogP contribution < -0.4 is 16.0 Å². The summed E-state index contributed by atoms with van der Waals surface area (Å²) < 4.78 is 29.6. The maximum absolute atomic E-state index is 12.3. The van der Waals surface area contributed by atoms with Gasteiger partial charge in [-0.25, -0.2) is 17.9 Å². The van der Waals surface area contributed by atoms with Gasteiger partial charge in [0.25, 0.3) is 15.6 Å². The molecule has 21 heavy (non-hydrogen) atoms. The predicted octanol–water partition coefficient (Wildman–Crippen LogP) is -2.18. The van der Waals surface area contributed by atoms with Crippen LogP contribution >= 0.6 is 0 Å². The zero-order valence-electron chi connectivity index (χ0n) is 11.0. The molecule has 0 aromatic carbocycles. The summed E-state index contributed by atoms with van der Waals surface area (Å²) >= 11 is 0.